The molecule has 0 atom stereocenters. The fraction of sp³-hybridized carbons (Fsp3) is 0.357. The van der Waals surface area contributed by atoms with Gasteiger partial charge in [0.25, 0.3) is 0 Å². The normalized spacial score (nSPS) is 10.3. The molecule has 0 radical (unpaired) electrons. The molecule has 0 aliphatic heterocycles. The number of carbonyl (C=O) groups is 1. The molecule has 20 heavy (non-hydrogen) atoms. The number of benzene rings is 1. The van der Waals surface area contributed by atoms with Gasteiger partial charge >= 0.3 is 0 Å². The van der Waals surface area contributed by atoms with Crippen LogP contribution in [0.4, 0.5) is 8.78 Å². The lowest BCUT2D eigenvalue weighted by atomic mass is 10.3. The van der Waals surface area contributed by atoms with Crippen LogP contribution in [0.1, 0.15) is 6.92 Å². The van der Waals surface area contributed by atoms with E-state index in [1.807, 2.05) is 6.92 Å². The van der Waals surface area contributed by atoms with Gasteiger partial charge in [0.1, 0.15) is 11.6 Å². The number of thioether (sulfide) groups is 1. The van der Waals surface area contributed by atoms with E-state index in [0.29, 0.717) is 19.8 Å². The predicted octanol–water partition coefficient (Wildman–Crippen LogP) is 2.77. The molecule has 0 saturated heterocycles. The van der Waals surface area contributed by atoms with Gasteiger partial charge in [-0.3, -0.25) is 4.79 Å². The van der Waals surface area contributed by atoms with E-state index >= 15 is 0 Å². The average Bonchev–Trinajstić information content (AvgIpc) is 2.37. The van der Waals surface area contributed by atoms with Gasteiger partial charge in [0.05, 0.1) is 19.0 Å². The molecule has 0 heterocycles. The third-order valence-electron chi connectivity index (χ3n) is 2.17. The average molecular weight is 301 g/mol. The Kier molecular flexibility index (Phi) is 7.25. The molecular formula is C14H17F2NO2S. The summed E-state index contributed by atoms with van der Waals surface area (Å²) < 4.78 is 31.2. The Morgan fingerprint density at radius 2 is 2.20 bits per heavy atom. The quantitative estimate of drug-likeness (QED) is 0.456. The van der Waals surface area contributed by atoms with Crippen molar-refractivity contribution in [2.75, 3.05) is 25.5 Å². The van der Waals surface area contributed by atoms with Crippen molar-refractivity contribution in [3.63, 3.8) is 0 Å². The number of ether oxygens (including phenoxy) is 1. The summed E-state index contributed by atoms with van der Waals surface area (Å²) in [4.78, 5) is 11.7. The van der Waals surface area contributed by atoms with E-state index in [0.717, 1.165) is 29.5 Å². The molecule has 0 fully saturated rings. The van der Waals surface area contributed by atoms with Crippen LogP contribution in [-0.2, 0) is 9.53 Å². The molecule has 0 aliphatic carbocycles. The first kappa shape index (κ1) is 16.7. The van der Waals surface area contributed by atoms with Crippen molar-refractivity contribution in [2.45, 2.75) is 11.8 Å². The van der Waals surface area contributed by atoms with Gasteiger partial charge in [-0.15, -0.1) is 11.8 Å². The van der Waals surface area contributed by atoms with Crippen LogP contribution in [0.15, 0.2) is 35.2 Å². The number of hydrogen-bond donors (Lipinski definition) is 1. The van der Waals surface area contributed by atoms with Crippen molar-refractivity contribution in [1.82, 2.24) is 5.32 Å². The summed E-state index contributed by atoms with van der Waals surface area (Å²) in [7, 11) is 0. The summed E-state index contributed by atoms with van der Waals surface area (Å²) in [5.41, 5.74) is 0.915. The molecule has 6 heteroatoms. The number of amides is 1. The Morgan fingerprint density at radius 3 is 2.85 bits per heavy atom. The van der Waals surface area contributed by atoms with Crippen LogP contribution in [0.25, 0.3) is 0 Å². The van der Waals surface area contributed by atoms with Crippen molar-refractivity contribution >= 4 is 17.7 Å². The second-order valence-electron chi connectivity index (χ2n) is 4.22. The van der Waals surface area contributed by atoms with Gasteiger partial charge in [-0.1, -0.05) is 12.2 Å². The van der Waals surface area contributed by atoms with E-state index in [-0.39, 0.29) is 16.6 Å². The monoisotopic (exact) mass is 301 g/mol. The third kappa shape index (κ3) is 6.68. The van der Waals surface area contributed by atoms with E-state index in [1.54, 1.807) is 0 Å². The molecule has 1 aromatic rings. The maximum Gasteiger partial charge on any atom is 0.230 e. The van der Waals surface area contributed by atoms with Crippen LogP contribution in [0.3, 0.4) is 0 Å². The minimum atomic E-state index is -0.660. The number of halogens is 2. The molecule has 0 spiro atoms. The standard InChI is InChI=1S/C14H17F2NO2S/c1-10(2)8-19-6-5-17-14(18)9-20-13-4-3-11(15)7-12(13)16/h3-4,7H,1,5-6,8-9H2,2H3,(H,17,18). The van der Waals surface area contributed by atoms with E-state index < -0.39 is 11.6 Å². The number of carbonyl (C=O) groups excluding carboxylic acids is 1. The van der Waals surface area contributed by atoms with E-state index in [1.165, 1.54) is 6.07 Å². The topological polar surface area (TPSA) is 38.3 Å². The Hall–Kier alpha value is -1.40. The van der Waals surface area contributed by atoms with Gasteiger partial charge in [0.2, 0.25) is 5.91 Å². The lowest BCUT2D eigenvalue weighted by Crippen LogP contribution is -2.28. The van der Waals surface area contributed by atoms with Crippen molar-refractivity contribution in [3.05, 3.63) is 42.0 Å². The highest BCUT2D eigenvalue weighted by Crippen LogP contribution is 2.21. The van der Waals surface area contributed by atoms with E-state index in [2.05, 4.69) is 11.9 Å². The fourth-order valence-electron chi connectivity index (χ4n) is 1.30. The fourth-order valence-corrected chi connectivity index (χ4v) is 2.05. The maximum atomic E-state index is 13.3. The number of rotatable bonds is 8. The zero-order chi connectivity index (χ0) is 15.0. The van der Waals surface area contributed by atoms with Crippen LogP contribution in [-0.4, -0.2) is 31.4 Å². The van der Waals surface area contributed by atoms with Crippen molar-refractivity contribution in [3.8, 4) is 0 Å². The van der Waals surface area contributed by atoms with Crippen LogP contribution in [0.2, 0.25) is 0 Å². The van der Waals surface area contributed by atoms with Crippen molar-refractivity contribution in [2.24, 2.45) is 0 Å². The highest BCUT2D eigenvalue weighted by atomic mass is 32.2. The molecule has 0 saturated carbocycles. The molecule has 3 nitrogen and oxygen atoms in total. The Balaban J connectivity index is 2.21. The van der Waals surface area contributed by atoms with Crippen LogP contribution >= 0.6 is 11.8 Å². The van der Waals surface area contributed by atoms with Gasteiger partial charge in [0.15, 0.2) is 0 Å². The maximum absolute atomic E-state index is 13.3. The zero-order valence-electron chi connectivity index (χ0n) is 11.2. The number of hydrogen-bond acceptors (Lipinski definition) is 3. The lowest BCUT2D eigenvalue weighted by Gasteiger charge is -2.06. The van der Waals surface area contributed by atoms with Gasteiger partial charge in [0, 0.05) is 17.5 Å². The molecule has 0 aliphatic rings. The first-order valence-electron chi connectivity index (χ1n) is 6.05. The lowest BCUT2D eigenvalue weighted by molar-refractivity contribution is -0.118. The first-order valence-corrected chi connectivity index (χ1v) is 7.04. The summed E-state index contributed by atoms with van der Waals surface area (Å²) in [6.07, 6.45) is 0. The van der Waals surface area contributed by atoms with Crippen LogP contribution in [0, 0.1) is 11.6 Å². The summed E-state index contributed by atoms with van der Waals surface area (Å²) >= 11 is 1.02. The van der Waals surface area contributed by atoms with Crippen LogP contribution in [0.5, 0.6) is 0 Å². The zero-order valence-corrected chi connectivity index (χ0v) is 12.1. The largest absolute Gasteiger partial charge is 0.375 e. The second-order valence-corrected chi connectivity index (χ2v) is 5.24. The molecular weight excluding hydrogens is 284 g/mol. The van der Waals surface area contributed by atoms with Crippen LogP contribution < -0.4 is 5.32 Å². The van der Waals surface area contributed by atoms with Gasteiger partial charge < -0.3 is 10.1 Å². The molecule has 1 aromatic carbocycles. The minimum Gasteiger partial charge on any atom is -0.375 e. The third-order valence-corrected chi connectivity index (χ3v) is 3.22. The molecule has 0 bridgehead atoms. The van der Waals surface area contributed by atoms with E-state index in [4.69, 9.17) is 4.74 Å². The minimum absolute atomic E-state index is 0.0725. The highest BCUT2D eigenvalue weighted by molar-refractivity contribution is 8.00. The molecule has 1 amide bonds. The Labute approximate surface area is 121 Å². The highest BCUT2D eigenvalue weighted by Gasteiger charge is 2.07. The molecule has 1 N–H and O–H groups in total. The molecule has 0 aromatic heterocycles. The van der Waals surface area contributed by atoms with Crippen molar-refractivity contribution < 1.29 is 18.3 Å². The summed E-state index contributed by atoms with van der Waals surface area (Å²) in [5.74, 6) is -1.44. The van der Waals surface area contributed by atoms with E-state index in [9.17, 15) is 13.6 Å². The smallest absolute Gasteiger partial charge is 0.230 e. The summed E-state index contributed by atoms with van der Waals surface area (Å²) in [6.45, 7) is 6.79. The number of nitrogens with one attached hydrogen (secondary N) is 1. The van der Waals surface area contributed by atoms with Crippen molar-refractivity contribution in [1.29, 1.82) is 0 Å². The molecule has 0 unspecified atom stereocenters. The predicted molar refractivity (Wildman–Crippen MR) is 75.7 cm³/mol. The Morgan fingerprint density at radius 1 is 1.45 bits per heavy atom. The summed E-state index contributed by atoms with van der Waals surface area (Å²) in [6, 6.07) is 3.28. The second kappa shape index (κ2) is 8.71. The molecule has 1 rings (SSSR count). The van der Waals surface area contributed by atoms with Gasteiger partial charge in [-0.25, -0.2) is 8.78 Å². The SMILES string of the molecule is C=C(C)COCCNC(=O)CSc1ccc(F)cc1F. The Bertz CT molecular complexity index is 480. The van der Waals surface area contributed by atoms with Gasteiger partial charge in [-0.2, -0.15) is 0 Å². The summed E-state index contributed by atoms with van der Waals surface area (Å²) in [5, 5.41) is 2.65. The first-order chi connectivity index (χ1) is 9.49. The molecule has 110 valence electrons. The van der Waals surface area contributed by atoms with Gasteiger partial charge in [-0.05, 0) is 19.1 Å².